The first-order chi connectivity index (χ1) is 14.2. The minimum Gasteiger partial charge on any atom is -0.466 e. The highest BCUT2D eigenvalue weighted by Crippen LogP contribution is 2.18. The van der Waals surface area contributed by atoms with E-state index >= 15 is 0 Å². The van der Waals surface area contributed by atoms with Crippen LogP contribution in [0.5, 0.6) is 0 Å². The van der Waals surface area contributed by atoms with Crippen molar-refractivity contribution in [2.75, 3.05) is 66.0 Å². The molecule has 0 radical (unpaired) electrons. The van der Waals surface area contributed by atoms with Crippen LogP contribution in [0.2, 0.25) is 0 Å². The summed E-state index contributed by atoms with van der Waals surface area (Å²) in [5.74, 6) is 0.634. The molecule has 2 aliphatic rings. The third-order valence-corrected chi connectivity index (χ3v) is 5.29. The Morgan fingerprint density at radius 1 is 1.10 bits per heavy atom. The van der Waals surface area contributed by atoms with Crippen LogP contribution >= 0.6 is 24.0 Å². The number of likely N-dealkylation sites (tertiary alicyclic amines) is 1. The summed E-state index contributed by atoms with van der Waals surface area (Å²) in [5.41, 5.74) is -0.464. The van der Waals surface area contributed by atoms with Crippen molar-refractivity contribution in [1.29, 1.82) is 0 Å². The zero-order valence-corrected chi connectivity index (χ0v) is 22.0. The minimum atomic E-state index is -0.464. The smallest absolute Gasteiger partial charge is 0.410 e. The van der Waals surface area contributed by atoms with Crippen LogP contribution in [0, 0.1) is 5.92 Å². The van der Waals surface area contributed by atoms with Gasteiger partial charge in [0.25, 0.3) is 0 Å². The summed E-state index contributed by atoms with van der Waals surface area (Å²) in [7, 11) is 1.77. The van der Waals surface area contributed by atoms with Gasteiger partial charge in [0, 0.05) is 59.4 Å². The first kappa shape index (κ1) is 27.7. The fourth-order valence-corrected chi connectivity index (χ4v) is 3.76. The molecule has 0 aromatic heterocycles. The molecule has 1 atom stereocenters. The van der Waals surface area contributed by atoms with E-state index in [1.165, 1.54) is 0 Å². The molecule has 2 rings (SSSR count). The average molecular weight is 553 g/mol. The zero-order valence-electron chi connectivity index (χ0n) is 19.7. The molecule has 0 aromatic carbocycles. The van der Waals surface area contributed by atoms with Gasteiger partial charge in [0.15, 0.2) is 5.96 Å². The molecule has 2 saturated heterocycles. The number of amides is 1. The molecule has 0 bridgehead atoms. The van der Waals surface area contributed by atoms with Crippen molar-refractivity contribution in [3.63, 3.8) is 0 Å². The second-order valence-corrected chi connectivity index (χ2v) is 8.82. The van der Waals surface area contributed by atoms with Crippen LogP contribution in [0.4, 0.5) is 4.79 Å². The van der Waals surface area contributed by atoms with Crippen LogP contribution in [-0.4, -0.2) is 104 Å². The van der Waals surface area contributed by atoms with Crippen molar-refractivity contribution in [2.45, 2.75) is 46.1 Å². The maximum Gasteiger partial charge on any atom is 0.410 e. The highest BCUT2D eigenvalue weighted by atomic mass is 127. The molecule has 31 heavy (non-hydrogen) atoms. The topological polar surface area (TPSA) is 86.7 Å². The van der Waals surface area contributed by atoms with E-state index in [2.05, 4.69) is 20.1 Å². The second-order valence-electron chi connectivity index (χ2n) is 8.82. The molecule has 2 fully saturated rings. The Kier molecular flexibility index (Phi) is 11.9. The number of piperidine rings is 1. The number of nitrogens with zero attached hydrogens (tertiary/aromatic N) is 4. The van der Waals surface area contributed by atoms with Gasteiger partial charge >= 0.3 is 12.1 Å². The van der Waals surface area contributed by atoms with Gasteiger partial charge in [-0.2, -0.15) is 0 Å². The van der Waals surface area contributed by atoms with Gasteiger partial charge in [-0.1, -0.05) is 0 Å². The monoisotopic (exact) mass is 553 g/mol. The SMILES string of the molecule is CCOC(=O)C1CCCN(C(=NC)NCCN2CCN(C(=O)OC(C)(C)C)CC2)C1.I. The van der Waals surface area contributed by atoms with E-state index in [1.807, 2.05) is 27.7 Å². The van der Waals surface area contributed by atoms with E-state index in [-0.39, 0.29) is 42.0 Å². The number of piperazine rings is 1. The zero-order chi connectivity index (χ0) is 22.1. The molecule has 1 N–H and O–H groups in total. The number of carbonyl (C=O) groups is 2. The van der Waals surface area contributed by atoms with E-state index in [0.717, 1.165) is 51.5 Å². The van der Waals surface area contributed by atoms with Gasteiger partial charge in [0.1, 0.15) is 5.60 Å². The number of nitrogens with one attached hydrogen (secondary N) is 1. The number of hydrogen-bond donors (Lipinski definition) is 1. The predicted octanol–water partition coefficient (Wildman–Crippen LogP) is 2.01. The Morgan fingerprint density at radius 2 is 1.77 bits per heavy atom. The molecule has 2 heterocycles. The van der Waals surface area contributed by atoms with Crippen molar-refractivity contribution in [1.82, 2.24) is 20.0 Å². The first-order valence-electron chi connectivity index (χ1n) is 11.1. The molecular formula is C21H40IN5O4. The van der Waals surface area contributed by atoms with Gasteiger partial charge in [-0.3, -0.25) is 14.7 Å². The van der Waals surface area contributed by atoms with Crippen molar-refractivity contribution >= 4 is 42.0 Å². The van der Waals surface area contributed by atoms with Gasteiger partial charge in [0.2, 0.25) is 0 Å². The summed E-state index contributed by atoms with van der Waals surface area (Å²) in [5, 5.41) is 3.42. The molecule has 180 valence electrons. The Morgan fingerprint density at radius 3 is 2.35 bits per heavy atom. The third kappa shape index (κ3) is 9.38. The van der Waals surface area contributed by atoms with Crippen LogP contribution in [0.25, 0.3) is 0 Å². The number of halogens is 1. The molecule has 10 heteroatoms. The molecule has 1 unspecified atom stereocenters. The predicted molar refractivity (Wildman–Crippen MR) is 132 cm³/mol. The number of esters is 1. The van der Waals surface area contributed by atoms with Crippen LogP contribution in [0.15, 0.2) is 4.99 Å². The Hall–Kier alpha value is -1.30. The van der Waals surface area contributed by atoms with Crippen LogP contribution in [0.3, 0.4) is 0 Å². The largest absolute Gasteiger partial charge is 0.466 e. The number of guanidine groups is 1. The van der Waals surface area contributed by atoms with Crippen molar-refractivity contribution in [3.05, 3.63) is 0 Å². The molecule has 0 aromatic rings. The summed E-state index contributed by atoms with van der Waals surface area (Å²) >= 11 is 0. The van der Waals surface area contributed by atoms with E-state index in [9.17, 15) is 9.59 Å². The van der Waals surface area contributed by atoms with Gasteiger partial charge in [-0.05, 0) is 40.5 Å². The number of hydrogen-bond acceptors (Lipinski definition) is 6. The van der Waals surface area contributed by atoms with E-state index < -0.39 is 5.60 Å². The lowest BCUT2D eigenvalue weighted by atomic mass is 9.98. The lowest BCUT2D eigenvalue weighted by Crippen LogP contribution is -2.52. The minimum absolute atomic E-state index is 0. The van der Waals surface area contributed by atoms with Gasteiger partial charge in [-0.25, -0.2) is 4.79 Å². The Bertz CT molecular complexity index is 603. The summed E-state index contributed by atoms with van der Waals surface area (Å²) in [6.45, 7) is 14.1. The molecule has 2 aliphatic heterocycles. The van der Waals surface area contributed by atoms with Crippen LogP contribution in [-0.2, 0) is 14.3 Å². The fraction of sp³-hybridized carbons (Fsp3) is 0.857. The summed E-state index contributed by atoms with van der Waals surface area (Å²) in [4.78, 5) is 34.9. The number of ether oxygens (including phenoxy) is 2. The van der Waals surface area contributed by atoms with Crippen LogP contribution in [0.1, 0.15) is 40.5 Å². The maximum absolute atomic E-state index is 12.2. The van der Waals surface area contributed by atoms with Gasteiger partial charge in [0.05, 0.1) is 12.5 Å². The third-order valence-electron chi connectivity index (χ3n) is 5.29. The van der Waals surface area contributed by atoms with E-state index in [4.69, 9.17) is 9.47 Å². The summed E-state index contributed by atoms with van der Waals surface area (Å²) in [6.07, 6.45) is 1.59. The standard InChI is InChI=1S/C21H39N5O4.HI/c1-6-29-18(27)17-8-7-10-26(16-17)19(22-5)23-9-11-24-12-14-25(15-13-24)20(28)30-21(2,3)4;/h17H,6-16H2,1-5H3,(H,22,23);1H. The van der Waals surface area contributed by atoms with Gasteiger partial charge in [-0.15, -0.1) is 24.0 Å². The van der Waals surface area contributed by atoms with E-state index in [1.54, 1.807) is 11.9 Å². The molecule has 1 amide bonds. The van der Waals surface area contributed by atoms with Crippen molar-refractivity contribution < 1.29 is 19.1 Å². The average Bonchev–Trinajstić information content (AvgIpc) is 2.70. The lowest BCUT2D eigenvalue weighted by Gasteiger charge is -2.36. The highest BCUT2D eigenvalue weighted by Gasteiger charge is 2.29. The Balaban J connectivity index is 0.00000480. The summed E-state index contributed by atoms with van der Waals surface area (Å²) in [6, 6.07) is 0. The molecule has 0 aliphatic carbocycles. The molecule has 0 spiro atoms. The second kappa shape index (κ2) is 13.3. The molecule has 0 saturated carbocycles. The first-order valence-corrected chi connectivity index (χ1v) is 11.1. The van der Waals surface area contributed by atoms with Crippen molar-refractivity contribution in [2.24, 2.45) is 10.9 Å². The number of carbonyl (C=O) groups excluding carboxylic acids is 2. The normalized spacial score (nSPS) is 20.7. The van der Waals surface area contributed by atoms with Gasteiger partial charge < -0.3 is 24.6 Å². The highest BCUT2D eigenvalue weighted by molar-refractivity contribution is 14.0. The summed E-state index contributed by atoms with van der Waals surface area (Å²) < 4.78 is 10.6. The quantitative estimate of drug-likeness (QED) is 0.241. The maximum atomic E-state index is 12.2. The lowest BCUT2D eigenvalue weighted by molar-refractivity contribution is -0.149. The molecular weight excluding hydrogens is 513 g/mol. The fourth-order valence-electron chi connectivity index (χ4n) is 3.76. The van der Waals surface area contributed by atoms with Crippen molar-refractivity contribution in [3.8, 4) is 0 Å². The number of rotatable bonds is 5. The Labute approximate surface area is 203 Å². The number of aliphatic imine (C=N–C) groups is 1. The molecule has 9 nitrogen and oxygen atoms in total. The van der Waals surface area contributed by atoms with E-state index in [0.29, 0.717) is 26.2 Å². The van der Waals surface area contributed by atoms with Crippen LogP contribution < -0.4 is 5.32 Å².